The van der Waals surface area contributed by atoms with Crippen molar-refractivity contribution in [1.82, 2.24) is 9.97 Å². The van der Waals surface area contributed by atoms with Gasteiger partial charge in [0.1, 0.15) is 9.88 Å². The first-order valence-corrected chi connectivity index (χ1v) is 9.90. The number of hydrogen-bond acceptors (Lipinski definition) is 7. The molecule has 0 spiro atoms. The van der Waals surface area contributed by atoms with Gasteiger partial charge in [0.25, 0.3) is 5.91 Å². The minimum absolute atomic E-state index is 0.220. The Morgan fingerprint density at radius 2 is 2.00 bits per heavy atom. The lowest BCUT2D eigenvalue weighted by atomic mass is 10.2. The smallest absolute Gasteiger partial charge is 0.269 e. The van der Waals surface area contributed by atoms with Crippen molar-refractivity contribution in [2.75, 3.05) is 12.1 Å². The fourth-order valence-electron chi connectivity index (χ4n) is 2.65. The van der Waals surface area contributed by atoms with Gasteiger partial charge in [-0.3, -0.25) is 10.1 Å². The maximum Gasteiger partial charge on any atom is 0.269 e. The van der Waals surface area contributed by atoms with Crippen molar-refractivity contribution < 1.29 is 14.3 Å². The molecule has 2 aromatic carbocycles. The molecule has 9 heteroatoms. The van der Waals surface area contributed by atoms with Crippen molar-refractivity contribution >= 4 is 55.5 Å². The number of carbonyl (C=O) groups excluding carboxylic acids is 1. The van der Waals surface area contributed by atoms with E-state index in [1.54, 1.807) is 12.3 Å². The van der Waals surface area contributed by atoms with E-state index in [-0.39, 0.29) is 12.7 Å². The highest BCUT2D eigenvalue weighted by molar-refractivity contribution is 7.22. The van der Waals surface area contributed by atoms with E-state index in [1.165, 1.54) is 22.7 Å². The number of hydrogen-bond donors (Lipinski definition) is 1. The average molecular weight is 416 g/mol. The number of halogens is 1. The average Bonchev–Trinajstić information content (AvgIpc) is 3.39. The largest absolute Gasteiger partial charge is 0.454 e. The number of nitrogens with one attached hydrogen (secondary N) is 1. The Morgan fingerprint density at radius 3 is 2.93 bits per heavy atom. The molecular weight excluding hydrogens is 406 g/mol. The zero-order chi connectivity index (χ0) is 18.4. The lowest BCUT2D eigenvalue weighted by Gasteiger charge is -1.99. The predicted molar refractivity (Wildman–Crippen MR) is 106 cm³/mol. The van der Waals surface area contributed by atoms with Gasteiger partial charge >= 0.3 is 0 Å². The summed E-state index contributed by atoms with van der Waals surface area (Å²) >= 11 is 8.68. The second-order valence-corrected chi connectivity index (χ2v) is 8.18. The first kappa shape index (κ1) is 16.5. The van der Waals surface area contributed by atoms with Crippen LogP contribution in [0.25, 0.3) is 20.8 Å². The summed E-state index contributed by atoms with van der Waals surface area (Å²) in [6.45, 7) is 0.220. The quantitative estimate of drug-likeness (QED) is 0.506. The van der Waals surface area contributed by atoms with E-state index in [0.29, 0.717) is 26.5 Å². The third-order valence-corrected chi connectivity index (χ3v) is 6.13. The number of aromatic nitrogens is 2. The zero-order valence-electron chi connectivity index (χ0n) is 13.6. The van der Waals surface area contributed by atoms with Crippen LogP contribution in [0.4, 0.5) is 5.13 Å². The Bertz CT molecular complexity index is 1190. The highest BCUT2D eigenvalue weighted by Gasteiger charge is 2.17. The number of amides is 1. The molecule has 0 aliphatic carbocycles. The molecule has 0 saturated carbocycles. The van der Waals surface area contributed by atoms with Crippen LogP contribution < -0.4 is 14.8 Å². The van der Waals surface area contributed by atoms with Crippen LogP contribution in [-0.4, -0.2) is 22.7 Å². The van der Waals surface area contributed by atoms with E-state index in [1.807, 2.05) is 30.3 Å². The predicted octanol–water partition coefficient (Wildman–Crippen LogP) is 5.05. The van der Waals surface area contributed by atoms with Crippen molar-refractivity contribution in [2.45, 2.75) is 0 Å². The van der Waals surface area contributed by atoms with Crippen LogP contribution in [0.1, 0.15) is 9.67 Å². The van der Waals surface area contributed by atoms with E-state index in [9.17, 15) is 4.79 Å². The molecule has 0 saturated heterocycles. The van der Waals surface area contributed by atoms with Gasteiger partial charge in [0.05, 0.1) is 16.4 Å². The Kier molecular flexibility index (Phi) is 3.96. The van der Waals surface area contributed by atoms with Crippen molar-refractivity contribution in [2.24, 2.45) is 0 Å². The Morgan fingerprint density at radius 1 is 1.11 bits per heavy atom. The van der Waals surface area contributed by atoms with Crippen molar-refractivity contribution in [3.8, 4) is 22.1 Å². The minimum Gasteiger partial charge on any atom is -0.454 e. The third kappa shape index (κ3) is 3.12. The number of rotatable bonds is 3. The van der Waals surface area contributed by atoms with Gasteiger partial charge < -0.3 is 9.47 Å². The highest BCUT2D eigenvalue weighted by Crippen LogP contribution is 2.37. The summed E-state index contributed by atoms with van der Waals surface area (Å²) < 4.78 is 11.6. The Labute approximate surface area is 166 Å². The molecule has 6 nitrogen and oxygen atoms in total. The minimum atomic E-state index is -0.246. The van der Waals surface area contributed by atoms with E-state index >= 15 is 0 Å². The molecule has 4 aromatic rings. The molecule has 0 atom stereocenters. The molecule has 0 radical (unpaired) electrons. The highest BCUT2D eigenvalue weighted by atomic mass is 35.5. The third-order valence-electron chi connectivity index (χ3n) is 3.92. The first-order valence-electron chi connectivity index (χ1n) is 7.89. The Balaban J connectivity index is 1.37. The molecule has 134 valence electrons. The Hall–Kier alpha value is -2.68. The number of thiazole rings is 2. The summed E-state index contributed by atoms with van der Waals surface area (Å²) in [4.78, 5) is 21.8. The fourth-order valence-corrected chi connectivity index (χ4v) is 4.60. The van der Waals surface area contributed by atoms with Crippen molar-refractivity contribution in [3.05, 3.63) is 52.5 Å². The number of anilines is 1. The molecule has 0 unspecified atom stereocenters. The first-order chi connectivity index (χ1) is 13.2. The van der Waals surface area contributed by atoms with E-state index < -0.39 is 0 Å². The van der Waals surface area contributed by atoms with Gasteiger partial charge in [-0.1, -0.05) is 22.9 Å². The van der Waals surface area contributed by atoms with Crippen LogP contribution in [0.3, 0.4) is 0 Å². The summed E-state index contributed by atoms with van der Waals surface area (Å²) in [5.74, 6) is 1.15. The molecule has 27 heavy (non-hydrogen) atoms. The van der Waals surface area contributed by atoms with Crippen LogP contribution in [0.15, 0.2) is 42.6 Å². The molecule has 1 aliphatic rings. The number of carbonyl (C=O) groups is 1. The van der Waals surface area contributed by atoms with Crippen molar-refractivity contribution in [1.29, 1.82) is 0 Å². The molecule has 0 bridgehead atoms. The number of ether oxygens (including phenoxy) is 2. The lowest BCUT2D eigenvalue weighted by Crippen LogP contribution is -2.09. The molecular formula is C18H10ClN3O3S2. The van der Waals surface area contributed by atoms with Gasteiger partial charge in [0, 0.05) is 10.6 Å². The number of fused-ring (bicyclic) bond motifs is 2. The summed E-state index contributed by atoms with van der Waals surface area (Å²) in [5.41, 5.74) is 1.67. The number of benzene rings is 2. The zero-order valence-corrected chi connectivity index (χ0v) is 16.0. The maximum absolute atomic E-state index is 12.5. The number of nitrogens with zero attached hydrogens (tertiary/aromatic N) is 2. The van der Waals surface area contributed by atoms with Crippen LogP contribution in [0.2, 0.25) is 5.02 Å². The lowest BCUT2D eigenvalue weighted by molar-refractivity contribution is 0.103. The molecule has 3 heterocycles. The van der Waals surface area contributed by atoms with Crippen LogP contribution in [0, 0.1) is 0 Å². The maximum atomic E-state index is 12.5. The molecule has 2 aromatic heterocycles. The van der Waals surface area contributed by atoms with Crippen LogP contribution in [0.5, 0.6) is 11.5 Å². The van der Waals surface area contributed by atoms with E-state index in [2.05, 4.69) is 15.3 Å². The summed E-state index contributed by atoms with van der Waals surface area (Å²) in [6.07, 6.45) is 1.56. The van der Waals surface area contributed by atoms with E-state index in [4.69, 9.17) is 21.1 Å². The molecule has 0 fully saturated rings. The molecule has 1 N–H and O–H groups in total. The van der Waals surface area contributed by atoms with Gasteiger partial charge in [-0.05, 0) is 36.4 Å². The second-order valence-electron chi connectivity index (χ2n) is 5.68. The van der Waals surface area contributed by atoms with Crippen LogP contribution in [-0.2, 0) is 0 Å². The normalized spacial score (nSPS) is 12.5. The fraction of sp³-hybridized carbons (Fsp3) is 0.0556. The van der Waals surface area contributed by atoms with Gasteiger partial charge in [0.2, 0.25) is 6.79 Å². The second kappa shape index (κ2) is 6.49. The molecule has 5 rings (SSSR count). The van der Waals surface area contributed by atoms with Gasteiger partial charge in [-0.2, -0.15) is 0 Å². The summed E-state index contributed by atoms with van der Waals surface area (Å²) in [6, 6.07) is 11.0. The van der Waals surface area contributed by atoms with Crippen molar-refractivity contribution in [3.63, 3.8) is 0 Å². The van der Waals surface area contributed by atoms with Gasteiger partial charge in [-0.25, -0.2) is 9.97 Å². The topological polar surface area (TPSA) is 73.3 Å². The van der Waals surface area contributed by atoms with Crippen LogP contribution >= 0.6 is 34.3 Å². The molecule has 1 aliphatic heterocycles. The molecule has 1 amide bonds. The van der Waals surface area contributed by atoms with Gasteiger partial charge in [0.15, 0.2) is 16.6 Å². The summed E-state index contributed by atoms with van der Waals surface area (Å²) in [5, 5.41) is 4.72. The SMILES string of the molecule is O=C(Nc1nc2ccc(Cl)cc2s1)c1cnc(-c2ccc3c(c2)OCO3)s1. The summed E-state index contributed by atoms with van der Waals surface area (Å²) in [7, 11) is 0. The monoisotopic (exact) mass is 415 g/mol. The van der Waals surface area contributed by atoms with Gasteiger partial charge in [-0.15, -0.1) is 11.3 Å². The standard InChI is InChI=1S/C18H10ClN3O3S2/c19-10-2-3-11-14(6-10)27-18(21-11)22-16(23)15-7-20-17(26-15)9-1-4-12-13(5-9)25-8-24-12/h1-7H,8H2,(H,21,22,23). The van der Waals surface area contributed by atoms with E-state index in [0.717, 1.165) is 20.8 Å².